The van der Waals surface area contributed by atoms with Gasteiger partial charge in [-0.05, 0) is 43.9 Å². The molecule has 0 amide bonds. The molecule has 0 bridgehead atoms. The molecule has 0 aliphatic heterocycles. The van der Waals surface area contributed by atoms with Gasteiger partial charge in [0.2, 0.25) is 0 Å². The molecule has 1 saturated carbocycles. The summed E-state index contributed by atoms with van der Waals surface area (Å²) < 4.78 is 0. The van der Waals surface area contributed by atoms with Crippen LogP contribution < -0.4 is 0 Å². The van der Waals surface area contributed by atoms with Crippen molar-refractivity contribution in [3.63, 3.8) is 0 Å². The second-order valence-corrected chi connectivity index (χ2v) is 7.76. The fraction of sp³-hybridized carbons (Fsp3) is 1.00. The fourth-order valence-electron chi connectivity index (χ4n) is 2.82. The van der Waals surface area contributed by atoms with E-state index < -0.39 is 0 Å². The van der Waals surface area contributed by atoms with Gasteiger partial charge in [0.05, 0.1) is 0 Å². The molecular formula is C16H32S. The lowest BCUT2D eigenvalue weighted by atomic mass is 9.90. The van der Waals surface area contributed by atoms with Crippen molar-refractivity contribution in [2.24, 2.45) is 11.8 Å². The topological polar surface area (TPSA) is 0 Å². The van der Waals surface area contributed by atoms with Crippen LogP contribution in [0.5, 0.6) is 0 Å². The molecule has 1 fully saturated rings. The van der Waals surface area contributed by atoms with Gasteiger partial charge in [0.15, 0.2) is 0 Å². The van der Waals surface area contributed by atoms with Crippen molar-refractivity contribution in [3.8, 4) is 0 Å². The molecular weight excluding hydrogens is 224 g/mol. The number of hydrogen-bond acceptors (Lipinski definition) is 1. The van der Waals surface area contributed by atoms with E-state index in [0.717, 1.165) is 22.3 Å². The lowest BCUT2D eigenvalue weighted by Crippen LogP contribution is -2.18. The van der Waals surface area contributed by atoms with Crippen molar-refractivity contribution in [2.45, 2.75) is 89.6 Å². The predicted molar refractivity (Wildman–Crippen MR) is 81.8 cm³/mol. The molecule has 0 saturated heterocycles. The molecule has 0 nitrogen and oxygen atoms in total. The van der Waals surface area contributed by atoms with E-state index in [9.17, 15) is 0 Å². The molecule has 1 aliphatic carbocycles. The highest BCUT2D eigenvalue weighted by atomic mass is 32.2. The minimum Gasteiger partial charge on any atom is -0.155 e. The van der Waals surface area contributed by atoms with Crippen molar-refractivity contribution in [2.75, 3.05) is 0 Å². The smallest absolute Gasteiger partial charge is 0.00523 e. The van der Waals surface area contributed by atoms with Crippen LogP contribution in [0.15, 0.2) is 0 Å². The Balaban J connectivity index is 2.25. The van der Waals surface area contributed by atoms with Crippen LogP contribution in [0.25, 0.3) is 0 Å². The van der Waals surface area contributed by atoms with Gasteiger partial charge in [-0.15, -0.1) is 0 Å². The largest absolute Gasteiger partial charge is 0.155 e. The first kappa shape index (κ1) is 15.4. The summed E-state index contributed by atoms with van der Waals surface area (Å²) in [6.07, 6.45) is 11.5. The third kappa shape index (κ3) is 6.18. The summed E-state index contributed by atoms with van der Waals surface area (Å²) in [5, 5.41) is 1.90. The maximum absolute atomic E-state index is 2.44. The van der Waals surface area contributed by atoms with Gasteiger partial charge in [0.1, 0.15) is 0 Å². The Labute approximate surface area is 113 Å². The molecule has 0 N–H and O–H groups in total. The third-order valence-electron chi connectivity index (χ3n) is 4.41. The Morgan fingerprint density at radius 3 is 2.47 bits per heavy atom. The van der Waals surface area contributed by atoms with Crippen LogP contribution >= 0.6 is 11.8 Å². The Kier molecular flexibility index (Phi) is 7.66. The molecule has 0 spiro atoms. The van der Waals surface area contributed by atoms with Crippen molar-refractivity contribution in [1.82, 2.24) is 0 Å². The minimum absolute atomic E-state index is 0.926. The second-order valence-electron chi connectivity index (χ2n) is 6.15. The molecule has 0 aromatic rings. The lowest BCUT2D eigenvalue weighted by molar-refractivity contribution is 0.392. The summed E-state index contributed by atoms with van der Waals surface area (Å²) in [5.74, 6) is 1.91. The molecule has 0 radical (unpaired) electrons. The number of rotatable bonds is 7. The normalized spacial score (nSPS) is 28.9. The standard InChI is InChI=1S/C16H32S/c1-5-13(3)10-11-15(6-2)17-16-9-7-8-14(4)12-16/h13-16H,5-12H2,1-4H3. The number of thioether (sulfide) groups is 1. The molecule has 17 heavy (non-hydrogen) atoms. The first-order chi connectivity index (χ1) is 8.15. The Bertz CT molecular complexity index is 190. The summed E-state index contributed by atoms with van der Waals surface area (Å²) >= 11 is 2.32. The van der Waals surface area contributed by atoms with Crippen LogP contribution in [0.2, 0.25) is 0 Å². The van der Waals surface area contributed by atoms with Crippen molar-refractivity contribution in [1.29, 1.82) is 0 Å². The van der Waals surface area contributed by atoms with E-state index in [2.05, 4.69) is 39.5 Å². The van der Waals surface area contributed by atoms with Crippen LogP contribution in [0.3, 0.4) is 0 Å². The SMILES string of the molecule is CCC(C)CCC(CC)SC1CCCC(C)C1. The molecule has 0 aromatic heterocycles. The summed E-state index contributed by atoms with van der Waals surface area (Å²) in [6.45, 7) is 9.54. The van der Waals surface area contributed by atoms with E-state index in [1.54, 1.807) is 0 Å². The predicted octanol–water partition coefficient (Wildman–Crippen LogP) is 5.90. The van der Waals surface area contributed by atoms with Crippen LogP contribution in [-0.4, -0.2) is 10.5 Å². The summed E-state index contributed by atoms with van der Waals surface area (Å²) in [6, 6.07) is 0. The van der Waals surface area contributed by atoms with E-state index in [0.29, 0.717) is 0 Å². The Morgan fingerprint density at radius 2 is 1.88 bits per heavy atom. The molecule has 1 rings (SSSR count). The van der Waals surface area contributed by atoms with Crippen LogP contribution in [-0.2, 0) is 0 Å². The molecule has 4 unspecified atom stereocenters. The molecule has 1 heteroatoms. The van der Waals surface area contributed by atoms with Gasteiger partial charge in [-0.25, -0.2) is 0 Å². The first-order valence-corrected chi connectivity index (χ1v) is 8.75. The Morgan fingerprint density at radius 1 is 1.12 bits per heavy atom. The molecule has 0 heterocycles. The second kappa shape index (κ2) is 8.45. The van der Waals surface area contributed by atoms with Gasteiger partial charge in [0.25, 0.3) is 0 Å². The molecule has 102 valence electrons. The van der Waals surface area contributed by atoms with Gasteiger partial charge < -0.3 is 0 Å². The van der Waals surface area contributed by atoms with Crippen molar-refractivity contribution >= 4 is 11.8 Å². The van der Waals surface area contributed by atoms with E-state index in [1.165, 1.54) is 51.4 Å². The maximum atomic E-state index is 2.44. The quantitative estimate of drug-likeness (QED) is 0.546. The van der Waals surface area contributed by atoms with E-state index in [4.69, 9.17) is 0 Å². The number of hydrogen-bond donors (Lipinski definition) is 0. The first-order valence-electron chi connectivity index (χ1n) is 7.81. The highest BCUT2D eigenvalue weighted by Gasteiger charge is 2.22. The zero-order chi connectivity index (χ0) is 12.7. The average Bonchev–Trinajstić information content (AvgIpc) is 2.34. The minimum atomic E-state index is 0.926. The Hall–Kier alpha value is 0.350. The summed E-state index contributed by atoms with van der Waals surface area (Å²) in [7, 11) is 0. The van der Waals surface area contributed by atoms with Crippen LogP contribution in [0.1, 0.15) is 79.1 Å². The van der Waals surface area contributed by atoms with Gasteiger partial charge >= 0.3 is 0 Å². The summed E-state index contributed by atoms with van der Waals surface area (Å²) in [4.78, 5) is 0. The van der Waals surface area contributed by atoms with Gasteiger partial charge in [-0.3, -0.25) is 0 Å². The monoisotopic (exact) mass is 256 g/mol. The van der Waals surface area contributed by atoms with Crippen molar-refractivity contribution < 1.29 is 0 Å². The summed E-state index contributed by atoms with van der Waals surface area (Å²) in [5.41, 5.74) is 0. The van der Waals surface area contributed by atoms with Crippen LogP contribution in [0, 0.1) is 11.8 Å². The van der Waals surface area contributed by atoms with Gasteiger partial charge in [-0.1, -0.05) is 47.0 Å². The zero-order valence-electron chi connectivity index (χ0n) is 12.4. The maximum Gasteiger partial charge on any atom is 0.00523 e. The fourth-order valence-corrected chi connectivity index (χ4v) is 4.57. The highest BCUT2D eigenvalue weighted by molar-refractivity contribution is 8.00. The van der Waals surface area contributed by atoms with E-state index in [1.807, 2.05) is 0 Å². The van der Waals surface area contributed by atoms with Gasteiger partial charge in [-0.2, -0.15) is 11.8 Å². The highest BCUT2D eigenvalue weighted by Crippen LogP contribution is 2.36. The molecule has 4 atom stereocenters. The van der Waals surface area contributed by atoms with Crippen LogP contribution in [0.4, 0.5) is 0 Å². The zero-order valence-corrected chi connectivity index (χ0v) is 13.2. The van der Waals surface area contributed by atoms with E-state index >= 15 is 0 Å². The molecule has 0 aromatic carbocycles. The molecule has 1 aliphatic rings. The average molecular weight is 256 g/mol. The lowest BCUT2D eigenvalue weighted by Gasteiger charge is -2.29. The third-order valence-corrected chi connectivity index (χ3v) is 6.17. The van der Waals surface area contributed by atoms with Gasteiger partial charge in [0, 0.05) is 10.5 Å². The van der Waals surface area contributed by atoms with E-state index in [-0.39, 0.29) is 0 Å². The van der Waals surface area contributed by atoms with Crippen molar-refractivity contribution in [3.05, 3.63) is 0 Å².